The Balaban J connectivity index is 1.56. The molecule has 0 saturated heterocycles. The van der Waals surface area contributed by atoms with E-state index in [-0.39, 0.29) is 5.91 Å². The second-order valence-electron chi connectivity index (χ2n) is 6.28. The molecule has 1 aliphatic rings. The number of hydrogen-bond donors (Lipinski definition) is 1. The first-order chi connectivity index (χ1) is 12.6. The molecule has 0 radical (unpaired) electrons. The molecule has 26 heavy (non-hydrogen) atoms. The highest BCUT2D eigenvalue weighted by Gasteiger charge is 2.21. The third-order valence-electron chi connectivity index (χ3n) is 4.38. The Morgan fingerprint density at radius 1 is 1.27 bits per heavy atom. The highest BCUT2D eigenvalue weighted by Crippen LogP contribution is 2.39. The van der Waals surface area contributed by atoms with E-state index in [0.717, 1.165) is 33.9 Å². The van der Waals surface area contributed by atoms with Gasteiger partial charge in [-0.25, -0.2) is 9.97 Å². The number of aryl methyl sites for hydroxylation is 3. The van der Waals surface area contributed by atoms with E-state index in [1.54, 1.807) is 23.5 Å². The smallest absolute Gasteiger partial charge is 0.234 e. The number of carbonyl (C=O) groups excluding carboxylic acids is 1. The van der Waals surface area contributed by atoms with E-state index in [1.165, 1.54) is 35.0 Å². The number of hydrogen-bond acceptors (Lipinski definition) is 5. The molecule has 1 amide bonds. The molecule has 1 N–H and O–H groups in total. The maximum absolute atomic E-state index is 12.4. The van der Waals surface area contributed by atoms with Crippen LogP contribution >= 0.6 is 34.7 Å². The van der Waals surface area contributed by atoms with Crippen LogP contribution in [0.5, 0.6) is 0 Å². The summed E-state index contributed by atoms with van der Waals surface area (Å²) in [5.41, 5.74) is 2.03. The normalized spacial score (nSPS) is 13.6. The van der Waals surface area contributed by atoms with Gasteiger partial charge >= 0.3 is 0 Å². The molecular formula is C19H18ClN3OS2. The van der Waals surface area contributed by atoms with Crippen molar-refractivity contribution >= 4 is 56.5 Å². The zero-order valence-corrected chi connectivity index (χ0v) is 16.7. The molecule has 2 heterocycles. The van der Waals surface area contributed by atoms with E-state index in [9.17, 15) is 4.79 Å². The number of thioether (sulfide) groups is 1. The summed E-state index contributed by atoms with van der Waals surface area (Å²) in [5, 5.41) is 5.48. The van der Waals surface area contributed by atoms with Gasteiger partial charge in [0, 0.05) is 10.3 Å². The SMILES string of the molecule is Cc1nc(SCC(=O)Nc2ccccc2Cl)c2c3c(sc2n1)CCCC3. The van der Waals surface area contributed by atoms with E-state index in [4.69, 9.17) is 11.6 Å². The summed E-state index contributed by atoms with van der Waals surface area (Å²) in [4.78, 5) is 24.1. The lowest BCUT2D eigenvalue weighted by molar-refractivity contribution is -0.113. The Bertz CT molecular complexity index is 986. The van der Waals surface area contributed by atoms with Gasteiger partial charge in [0.05, 0.1) is 16.5 Å². The van der Waals surface area contributed by atoms with Crippen LogP contribution in [0.25, 0.3) is 10.2 Å². The van der Waals surface area contributed by atoms with Gasteiger partial charge in [-0.15, -0.1) is 11.3 Å². The average Bonchev–Trinajstić information content (AvgIpc) is 2.99. The topological polar surface area (TPSA) is 54.9 Å². The van der Waals surface area contributed by atoms with Crippen molar-refractivity contribution < 1.29 is 4.79 Å². The van der Waals surface area contributed by atoms with Gasteiger partial charge in [0.25, 0.3) is 0 Å². The number of amides is 1. The van der Waals surface area contributed by atoms with E-state index in [2.05, 4.69) is 15.3 Å². The summed E-state index contributed by atoms with van der Waals surface area (Å²) in [5.74, 6) is 0.961. The van der Waals surface area contributed by atoms with Crippen LogP contribution in [0.3, 0.4) is 0 Å². The van der Waals surface area contributed by atoms with Crippen LogP contribution in [-0.4, -0.2) is 21.6 Å². The summed E-state index contributed by atoms with van der Waals surface area (Å²) >= 11 is 9.37. The van der Waals surface area contributed by atoms with Gasteiger partial charge in [-0.3, -0.25) is 4.79 Å². The fraction of sp³-hybridized carbons (Fsp3) is 0.316. The number of thiophene rings is 1. The van der Waals surface area contributed by atoms with Crippen molar-refractivity contribution in [2.75, 3.05) is 11.1 Å². The zero-order chi connectivity index (χ0) is 18.1. The molecule has 4 rings (SSSR count). The molecule has 0 atom stereocenters. The Labute approximate surface area is 165 Å². The maximum Gasteiger partial charge on any atom is 0.234 e. The van der Waals surface area contributed by atoms with Crippen molar-refractivity contribution in [3.05, 3.63) is 45.6 Å². The predicted molar refractivity (Wildman–Crippen MR) is 110 cm³/mol. The molecule has 4 nitrogen and oxygen atoms in total. The summed E-state index contributed by atoms with van der Waals surface area (Å²) < 4.78 is 0. The molecule has 1 aromatic carbocycles. The van der Waals surface area contributed by atoms with Crippen molar-refractivity contribution in [1.82, 2.24) is 9.97 Å². The molecule has 0 spiro atoms. The van der Waals surface area contributed by atoms with Crippen molar-refractivity contribution in [1.29, 1.82) is 0 Å². The minimum absolute atomic E-state index is 0.0865. The average molecular weight is 404 g/mol. The van der Waals surface area contributed by atoms with Gasteiger partial charge in [-0.2, -0.15) is 0 Å². The third-order valence-corrected chi connectivity index (χ3v) is 6.87. The van der Waals surface area contributed by atoms with Crippen molar-refractivity contribution in [3.63, 3.8) is 0 Å². The van der Waals surface area contributed by atoms with Gasteiger partial charge < -0.3 is 5.32 Å². The lowest BCUT2D eigenvalue weighted by Gasteiger charge is -2.12. The van der Waals surface area contributed by atoms with Crippen LogP contribution in [0.4, 0.5) is 5.69 Å². The summed E-state index contributed by atoms with van der Waals surface area (Å²) in [6.07, 6.45) is 4.67. The highest BCUT2D eigenvalue weighted by atomic mass is 35.5. The van der Waals surface area contributed by atoms with Crippen LogP contribution in [-0.2, 0) is 17.6 Å². The molecule has 7 heteroatoms. The van der Waals surface area contributed by atoms with Crippen LogP contribution in [0.1, 0.15) is 29.1 Å². The molecule has 3 aromatic rings. The second-order valence-corrected chi connectivity index (χ2v) is 8.74. The molecule has 1 aliphatic carbocycles. The Morgan fingerprint density at radius 2 is 2.08 bits per heavy atom. The summed E-state index contributed by atoms with van der Waals surface area (Å²) in [7, 11) is 0. The summed E-state index contributed by atoms with van der Waals surface area (Å²) in [6.45, 7) is 1.91. The maximum atomic E-state index is 12.4. The minimum atomic E-state index is -0.0865. The molecule has 0 aliphatic heterocycles. The highest BCUT2D eigenvalue weighted by molar-refractivity contribution is 8.00. The number of rotatable bonds is 4. The van der Waals surface area contributed by atoms with E-state index in [1.807, 2.05) is 19.1 Å². The molecule has 134 valence electrons. The van der Waals surface area contributed by atoms with Gasteiger partial charge in [-0.05, 0) is 50.3 Å². The van der Waals surface area contributed by atoms with Gasteiger partial charge in [0.15, 0.2) is 0 Å². The first-order valence-electron chi connectivity index (χ1n) is 8.58. The summed E-state index contributed by atoms with van der Waals surface area (Å²) in [6, 6.07) is 7.25. The predicted octanol–water partition coefficient (Wildman–Crippen LogP) is 5.26. The standard InChI is InChI=1S/C19H18ClN3OS2/c1-11-21-18(17-12-6-2-5-9-15(12)26-19(17)22-11)25-10-16(24)23-14-8-4-3-7-13(14)20/h3-4,7-8H,2,5-6,9-10H2,1H3,(H,23,24). The van der Waals surface area contributed by atoms with E-state index < -0.39 is 0 Å². The van der Waals surface area contributed by atoms with Gasteiger partial charge in [0.2, 0.25) is 5.91 Å². The Morgan fingerprint density at radius 3 is 2.92 bits per heavy atom. The first kappa shape index (κ1) is 17.8. The van der Waals surface area contributed by atoms with Crippen LogP contribution < -0.4 is 5.32 Å². The van der Waals surface area contributed by atoms with Crippen molar-refractivity contribution in [2.45, 2.75) is 37.6 Å². The second kappa shape index (κ2) is 7.55. The third kappa shape index (κ3) is 3.59. The molecule has 0 fully saturated rings. The number of halogens is 1. The van der Waals surface area contributed by atoms with Crippen molar-refractivity contribution in [3.8, 4) is 0 Å². The number of nitrogens with one attached hydrogen (secondary N) is 1. The molecule has 0 saturated carbocycles. The quantitative estimate of drug-likeness (QED) is 0.476. The van der Waals surface area contributed by atoms with E-state index in [0.29, 0.717) is 16.5 Å². The lowest BCUT2D eigenvalue weighted by Crippen LogP contribution is -2.14. The molecule has 0 unspecified atom stereocenters. The fourth-order valence-electron chi connectivity index (χ4n) is 3.21. The monoisotopic (exact) mass is 403 g/mol. The van der Waals surface area contributed by atoms with Gasteiger partial charge in [0.1, 0.15) is 15.7 Å². The fourth-order valence-corrected chi connectivity index (χ4v) is 5.67. The van der Waals surface area contributed by atoms with Crippen LogP contribution in [0.2, 0.25) is 5.02 Å². The Hall–Kier alpha value is -1.63. The number of fused-ring (bicyclic) bond motifs is 3. The number of para-hydroxylation sites is 1. The largest absolute Gasteiger partial charge is 0.324 e. The van der Waals surface area contributed by atoms with Crippen LogP contribution in [0.15, 0.2) is 29.3 Å². The number of carbonyl (C=O) groups is 1. The number of benzene rings is 1. The lowest BCUT2D eigenvalue weighted by atomic mass is 9.97. The number of aromatic nitrogens is 2. The number of anilines is 1. The van der Waals surface area contributed by atoms with Crippen molar-refractivity contribution in [2.24, 2.45) is 0 Å². The number of nitrogens with zero attached hydrogens (tertiary/aromatic N) is 2. The molecular weight excluding hydrogens is 386 g/mol. The van der Waals surface area contributed by atoms with Crippen LogP contribution in [0, 0.1) is 6.92 Å². The zero-order valence-electron chi connectivity index (χ0n) is 14.3. The van der Waals surface area contributed by atoms with Gasteiger partial charge in [-0.1, -0.05) is 35.5 Å². The molecule has 2 aromatic heterocycles. The Kier molecular flexibility index (Phi) is 5.16. The minimum Gasteiger partial charge on any atom is -0.324 e. The molecule has 0 bridgehead atoms. The first-order valence-corrected chi connectivity index (χ1v) is 10.8. The van der Waals surface area contributed by atoms with E-state index >= 15 is 0 Å².